The first-order valence-corrected chi connectivity index (χ1v) is 5.98. The van der Waals surface area contributed by atoms with Crippen molar-refractivity contribution in [1.82, 2.24) is 0 Å². The van der Waals surface area contributed by atoms with Crippen molar-refractivity contribution in [3.8, 4) is 0 Å². The zero-order valence-corrected chi connectivity index (χ0v) is 10.6. The zero-order chi connectivity index (χ0) is 12.7. The van der Waals surface area contributed by atoms with Gasteiger partial charge in [-0.05, 0) is 12.5 Å². The summed E-state index contributed by atoms with van der Waals surface area (Å²) in [5, 5.41) is 0. The Labute approximate surface area is 102 Å². The summed E-state index contributed by atoms with van der Waals surface area (Å²) in [5.74, 6) is -0.205. The maximum Gasteiger partial charge on any atom is 0.318 e. The average molecular weight is 233 g/mol. The molecule has 1 aliphatic rings. The maximum absolute atomic E-state index is 12.3. The molecule has 2 unspecified atom stereocenters. The molecule has 3 heteroatoms. The van der Waals surface area contributed by atoms with Crippen LogP contribution in [0.1, 0.15) is 26.3 Å². The highest BCUT2D eigenvalue weighted by atomic mass is 16.5. The summed E-state index contributed by atoms with van der Waals surface area (Å²) in [4.78, 5) is 12.3. The summed E-state index contributed by atoms with van der Waals surface area (Å²) >= 11 is 0. The Morgan fingerprint density at radius 2 is 1.88 bits per heavy atom. The van der Waals surface area contributed by atoms with Crippen LogP contribution in [0.5, 0.6) is 0 Å². The second-order valence-corrected chi connectivity index (χ2v) is 5.09. The third kappa shape index (κ3) is 1.42. The Balaban J connectivity index is 2.45. The molecule has 17 heavy (non-hydrogen) atoms. The highest BCUT2D eigenvalue weighted by Gasteiger charge is 2.75. The van der Waals surface area contributed by atoms with Gasteiger partial charge in [-0.1, -0.05) is 44.2 Å². The quantitative estimate of drug-likeness (QED) is 0.811. The number of rotatable bonds is 3. The van der Waals surface area contributed by atoms with Crippen LogP contribution in [-0.4, -0.2) is 18.6 Å². The number of esters is 1. The van der Waals surface area contributed by atoms with Gasteiger partial charge in [0.15, 0.2) is 0 Å². The third-order valence-corrected chi connectivity index (χ3v) is 4.00. The molecule has 0 bridgehead atoms. The summed E-state index contributed by atoms with van der Waals surface area (Å²) < 4.78 is 5.21. The Kier molecular flexibility index (Phi) is 2.74. The number of hydrogen-bond donors (Lipinski definition) is 1. The lowest BCUT2D eigenvalue weighted by Gasteiger charge is -2.18. The van der Waals surface area contributed by atoms with E-state index in [2.05, 4.69) is 0 Å². The van der Waals surface area contributed by atoms with Gasteiger partial charge in [0.2, 0.25) is 0 Å². The van der Waals surface area contributed by atoms with E-state index >= 15 is 0 Å². The Bertz CT molecular complexity index is 427. The SMILES string of the molecule is CCOC(=O)C1(c2ccccc2)C(N)C1(C)C. The van der Waals surface area contributed by atoms with Crippen molar-refractivity contribution in [2.75, 3.05) is 6.61 Å². The van der Waals surface area contributed by atoms with E-state index < -0.39 is 5.41 Å². The number of ether oxygens (including phenoxy) is 1. The van der Waals surface area contributed by atoms with Gasteiger partial charge in [-0.15, -0.1) is 0 Å². The van der Waals surface area contributed by atoms with Gasteiger partial charge in [-0.2, -0.15) is 0 Å². The van der Waals surface area contributed by atoms with Crippen molar-refractivity contribution in [3.05, 3.63) is 35.9 Å². The first-order chi connectivity index (χ1) is 7.99. The predicted molar refractivity (Wildman–Crippen MR) is 66.5 cm³/mol. The number of carbonyl (C=O) groups excluding carboxylic acids is 1. The molecule has 1 aromatic rings. The van der Waals surface area contributed by atoms with Gasteiger partial charge in [0.25, 0.3) is 0 Å². The molecule has 2 rings (SSSR count). The molecule has 1 aromatic carbocycles. The van der Waals surface area contributed by atoms with Gasteiger partial charge in [0.1, 0.15) is 5.41 Å². The van der Waals surface area contributed by atoms with Crippen LogP contribution in [0.15, 0.2) is 30.3 Å². The monoisotopic (exact) mass is 233 g/mol. The Hall–Kier alpha value is -1.35. The van der Waals surface area contributed by atoms with Crippen molar-refractivity contribution < 1.29 is 9.53 Å². The summed E-state index contributed by atoms with van der Waals surface area (Å²) in [5.41, 5.74) is 6.17. The summed E-state index contributed by atoms with van der Waals surface area (Å²) in [6, 6.07) is 9.51. The van der Waals surface area contributed by atoms with Gasteiger partial charge in [-0.3, -0.25) is 4.79 Å². The maximum atomic E-state index is 12.3. The molecule has 1 fully saturated rings. The minimum absolute atomic E-state index is 0.184. The normalized spacial score (nSPS) is 29.8. The first kappa shape index (κ1) is 12.1. The second-order valence-electron chi connectivity index (χ2n) is 5.09. The molecule has 0 aliphatic heterocycles. The molecule has 3 nitrogen and oxygen atoms in total. The van der Waals surface area contributed by atoms with Crippen LogP contribution in [0, 0.1) is 5.41 Å². The molecule has 0 radical (unpaired) electrons. The molecular formula is C14H19NO2. The molecule has 0 aromatic heterocycles. The standard InChI is InChI=1S/C14H19NO2/c1-4-17-12(16)14(11(15)13(14,2)3)10-8-6-5-7-9-10/h5-9,11H,4,15H2,1-3H3. The van der Waals surface area contributed by atoms with E-state index in [0.717, 1.165) is 5.56 Å². The molecule has 1 aliphatic carbocycles. The summed E-state index contributed by atoms with van der Waals surface area (Å²) in [6.45, 7) is 6.23. The van der Waals surface area contributed by atoms with Crippen LogP contribution in [0.4, 0.5) is 0 Å². The van der Waals surface area contributed by atoms with Crippen molar-refractivity contribution in [3.63, 3.8) is 0 Å². The number of benzene rings is 1. The van der Waals surface area contributed by atoms with Crippen LogP contribution in [-0.2, 0) is 14.9 Å². The van der Waals surface area contributed by atoms with Gasteiger partial charge < -0.3 is 10.5 Å². The lowest BCUT2D eigenvalue weighted by atomic mass is 9.88. The highest BCUT2D eigenvalue weighted by Crippen LogP contribution is 2.63. The molecule has 0 amide bonds. The lowest BCUT2D eigenvalue weighted by Crippen LogP contribution is -2.31. The predicted octanol–water partition coefficient (Wildman–Crippen LogP) is 1.85. The summed E-state index contributed by atoms with van der Waals surface area (Å²) in [6.07, 6.45) is 0. The Morgan fingerprint density at radius 1 is 1.35 bits per heavy atom. The van der Waals surface area contributed by atoms with E-state index in [9.17, 15) is 4.79 Å². The van der Waals surface area contributed by atoms with Crippen molar-refractivity contribution in [2.45, 2.75) is 32.2 Å². The fourth-order valence-electron chi connectivity index (χ4n) is 2.81. The molecule has 1 saturated carbocycles. The minimum atomic E-state index is -0.676. The minimum Gasteiger partial charge on any atom is -0.465 e. The first-order valence-electron chi connectivity index (χ1n) is 5.98. The highest BCUT2D eigenvalue weighted by molar-refractivity contribution is 5.91. The number of nitrogens with two attached hydrogens (primary N) is 1. The Morgan fingerprint density at radius 3 is 2.29 bits per heavy atom. The fourth-order valence-corrected chi connectivity index (χ4v) is 2.81. The van der Waals surface area contributed by atoms with Crippen LogP contribution in [0.2, 0.25) is 0 Å². The molecule has 2 atom stereocenters. The topological polar surface area (TPSA) is 52.3 Å². The zero-order valence-electron chi connectivity index (χ0n) is 10.6. The third-order valence-electron chi connectivity index (χ3n) is 4.00. The van der Waals surface area contributed by atoms with Crippen LogP contribution in [0.25, 0.3) is 0 Å². The lowest BCUT2D eigenvalue weighted by molar-refractivity contribution is -0.147. The van der Waals surface area contributed by atoms with E-state index in [-0.39, 0.29) is 17.4 Å². The number of carbonyl (C=O) groups is 1. The largest absolute Gasteiger partial charge is 0.465 e. The van der Waals surface area contributed by atoms with E-state index in [1.54, 1.807) is 0 Å². The van der Waals surface area contributed by atoms with Gasteiger partial charge in [0.05, 0.1) is 6.61 Å². The van der Waals surface area contributed by atoms with Crippen molar-refractivity contribution in [2.24, 2.45) is 11.1 Å². The van der Waals surface area contributed by atoms with Crippen molar-refractivity contribution >= 4 is 5.97 Å². The van der Waals surface area contributed by atoms with E-state index in [4.69, 9.17) is 10.5 Å². The van der Waals surface area contributed by atoms with Gasteiger partial charge >= 0.3 is 5.97 Å². The van der Waals surface area contributed by atoms with E-state index in [1.165, 1.54) is 0 Å². The van der Waals surface area contributed by atoms with E-state index in [0.29, 0.717) is 6.61 Å². The average Bonchev–Trinajstić information content (AvgIpc) is 2.76. The molecular weight excluding hydrogens is 214 g/mol. The van der Waals surface area contributed by atoms with Gasteiger partial charge in [-0.25, -0.2) is 0 Å². The molecule has 92 valence electrons. The second kappa shape index (κ2) is 3.84. The summed E-state index contributed by atoms with van der Waals surface area (Å²) in [7, 11) is 0. The smallest absolute Gasteiger partial charge is 0.318 e. The van der Waals surface area contributed by atoms with E-state index in [1.807, 2.05) is 51.1 Å². The van der Waals surface area contributed by atoms with Gasteiger partial charge in [0, 0.05) is 11.5 Å². The van der Waals surface area contributed by atoms with Crippen LogP contribution in [0.3, 0.4) is 0 Å². The molecule has 2 N–H and O–H groups in total. The molecule has 0 saturated heterocycles. The van der Waals surface area contributed by atoms with Crippen LogP contribution < -0.4 is 5.73 Å². The molecule has 0 spiro atoms. The van der Waals surface area contributed by atoms with Crippen LogP contribution >= 0.6 is 0 Å². The fraction of sp³-hybridized carbons (Fsp3) is 0.500. The number of hydrogen-bond acceptors (Lipinski definition) is 3. The van der Waals surface area contributed by atoms with Crippen molar-refractivity contribution in [1.29, 1.82) is 0 Å². The molecule has 0 heterocycles.